The quantitative estimate of drug-likeness (QED) is 0.760. The van der Waals surface area contributed by atoms with Crippen molar-refractivity contribution in [3.63, 3.8) is 0 Å². The Kier molecular flexibility index (Phi) is 2.52. The molecule has 1 aromatic rings. The van der Waals surface area contributed by atoms with E-state index in [0.29, 0.717) is 0 Å². The van der Waals surface area contributed by atoms with Crippen molar-refractivity contribution in [1.29, 1.82) is 0 Å². The van der Waals surface area contributed by atoms with Gasteiger partial charge < -0.3 is 10.2 Å². The van der Waals surface area contributed by atoms with E-state index in [1.54, 1.807) is 0 Å². The van der Waals surface area contributed by atoms with Crippen LogP contribution in [-0.4, -0.2) is 19.0 Å². The largest absolute Gasteiger partial charge is 0.418 e. The fourth-order valence-electron chi connectivity index (χ4n) is 1.89. The molecular weight excluding hydrogens is 233 g/mol. The zero-order valence-corrected chi connectivity index (χ0v) is 9.30. The molecule has 2 rings (SSSR count). The van der Waals surface area contributed by atoms with Crippen LogP contribution in [0.25, 0.3) is 0 Å². The number of carbonyl (C=O) groups is 1. The minimum absolute atomic E-state index is 0.0328. The van der Waals surface area contributed by atoms with Crippen LogP contribution < -0.4 is 10.2 Å². The number of para-hydroxylation sites is 1. The second kappa shape index (κ2) is 3.65. The molecule has 1 unspecified atom stereocenters. The van der Waals surface area contributed by atoms with Gasteiger partial charge in [0, 0.05) is 7.05 Å². The molecule has 0 saturated heterocycles. The molecule has 0 aromatic heterocycles. The average molecular weight is 244 g/mol. The minimum atomic E-state index is -4.43. The van der Waals surface area contributed by atoms with E-state index in [9.17, 15) is 18.0 Å². The number of hydrogen-bond donors (Lipinski definition) is 1. The summed E-state index contributed by atoms with van der Waals surface area (Å²) in [5.41, 5.74) is -0.529. The summed E-state index contributed by atoms with van der Waals surface area (Å²) >= 11 is 0. The van der Waals surface area contributed by atoms with Gasteiger partial charge in [-0.1, -0.05) is 6.07 Å². The Morgan fingerprint density at radius 1 is 1.35 bits per heavy atom. The third kappa shape index (κ3) is 1.83. The molecule has 1 aliphatic rings. The Bertz CT molecular complexity index is 470. The lowest BCUT2D eigenvalue weighted by Gasteiger charge is -2.32. The van der Waals surface area contributed by atoms with E-state index in [-0.39, 0.29) is 17.3 Å². The second-order valence-electron chi connectivity index (χ2n) is 3.96. The molecule has 0 radical (unpaired) electrons. The molecule has 17 heavy (non-hydrogen) atoms. The van der Waals surface area contributed by atoms with Crippen molar-refractivity contribution in [3.8, 4) is 0 Å². The minimum Gasteiger partial charge on any atom is -0.372 e. The van der Waals surface area contributed by atoms with E-state index < -0.39 is 17.8 Å². The maximum Gasteiger partial charge on any atom is 0.418 e. The lowest BCUT2D eigenvalue weighted by atomic mass is 10.1. The monoisotopic (exact) mass is 244 g/mol. The van der Waals surface area contributed by atoms with Gasteiger partial charge in [0.05, 0.1) is 16.9 Å². The Balaban J connectivity index is 2.60. The zero-order chi connectivity index (χ0) is 12.8. The van der Waals surface area contributed by atoms with Crippen molar-refractivity contribution in [2.24, 2.45) is 0 Å². The summed E-state index contributed by atoms with van der Waals surface area (Å²) in [4.78, 5) is 12.9. The Hall–Kier alpha value is -1.72. The molecule has 1 amide bonds. The van der Waals surface area contributed by atoms with E-state index in [4.69, 9.17) is 0 Å². The topological polar surface area (TPSA) is 32.3 Å². The number of nitrogens with one attached hydrogen (secondary N) is 1. The fraction of sp³-hybridized carbons (Fsp3) is 0.364. The smallest absolute Gasteiger partial charge is 0.372 e. The van der Waals surface area contributed by atoms with Crippen molar-refractivity contribution in [3.05, 3.63) is 23.8 Å². The first-order valence-corrected chi connectivity index (χ1v) is 5.06. The van der Waals surface area contributed by atoms with E-state index in [2.05, 4.69) is 5.32 Å². The van der Waals surface area contributed by atoms with Crippen molar-refractivity contribution in [2.45, 2.75) is 19.1 Å². The molecule has 1 heterocycles. The van der Waals surface area contributed by atoms with Gasteiger partial charge in [-0.25, -0.2) is 0 Å². The zero-order valence-electron chi connectivity index (χ0n) is 9.30. The molecule has 0 bridgehead atoms. The molecule has 1 aromatic carbocycles. The van der Waals surface area contributed by atoms with E-state index >= 15 is 0 Å². The van der Waals surface area contributed by atoms with Gasteiger partial charge in [0.25, 0.3) is 0 Å². The molecule has 1 atom stereocenters. The summed E-state index contributed by atoms with van der Waals surface area (Å²) < 4.78 is 38.4. The third-order valence-corrected chi connectivity index (χ3v) is 2.77. The number of rotatable bonds is 0. The first kappa shape index (κ1) is 11.8. The number of hydrogen-bond acceptors (Lipinski definition) is 2. The van der Waals surface area contributed by atoms with Crippen LogP contribution >= 0.6 is 0 Å². The number of amides is 1. The summed E-state index contributed by atoms with van der Waals surface area (Å²) in [7, 11) is 1.47. The number of nitrogens with zero attached hydrogens (tertiary/aromatic N) is 1. The van der Waals surface area contributed by atoms with Crippen LogP contribution in [-0.2, 0) is 11.0 Å². The van der Waals surface area contributed by atoms with E-state index in [1.165, 1.54) is 31.0 Å². The van der Waals surface area contributed by atoms with Crippen molar-refractivity contribution < 1.29 is 18.0 Å². The summed E-state index contributed by atoms with van der Waals surface area (Å²) in [5.74, 6) is -0.253. The van der Waals surface area contributed by atoms with Crippen LogP contribution in [0, 0.1) is 0 Å². The predicted molar refractivity (Wildman–Crippen MR) is 57.9 cm³/mol. The van der Waals surface area contributed by atoms with Crippen molar-refractivity contribution in [1.82, 2.24) is 0 Å². The summed E-state index contributed by atoms with van der Waals surface area (Å²) in [6.07, 6.45) is -4.43. The van der Waals surface area contributed by atoms with Gasteiger partial charge in [0.2, 0.25) is 5.91 Å². The van der Waals surface area contributed by atoms with Gasteiger partial charge in [-0.2, -0.15) is 13.2 Å². The molecule has 0 aliphatic carbocycles. The molecule has 92 valence electrons. The SMILES string of the molecule is CC1Nc2c(cccc2C(F)(F)F)N(C)C1=O. The number of likely N-dealkylation sites (N-methyl/N-ethyl adjacent to an activating group) is 1. The van der Waals surface area contributed by atoms with Gasteiger partial charge in [-0.15, -0.1) is 0 Å². The van der Waals surface area contributed by atoms with Crippen LogP contribution in [0.1, 0.15) is 12.5 Å². The lowest BCUT2D eigenvalue weighted by molar-refractivity contribution is -0.137. The van der Waals surface area contributed by atoms with Gasteiger partial charge in [0.1, 0.15) is 6.04 Å². The Morgan fingerprint density at radius 2 is 2.00 bits per heavy atom. The van der Waals surface area contributed by atoms with Gasteiger partial charge in [-0.3, -0.25) is 4.79 Å². The van der Waals surface area contributed by atoms with Crippen molar-refractivity contribution in [2.75, 3.05) is 17.3 Å². The highest BCUT2D eigenvalue weighted by molar-refractivity contribution is 6.04. The van der Waals surface area contributed by atoms with Gasteiger partial charge >= 0.3 is 6.18 Å². The lowest BCUT2D eigenvalue weighted by Crippen LogP contribution is -2.44. The summed E-state index contributed by atoms with van der Waals surface area (Å²) in [6, 6.07) is 3.13. The van der Waals surface area contributed by atoms with Crippen LogP contribution in [0.3, 0.4) is 0 Å². The molecule has 0 spiro atoms. The normalized spacial score (nSPS) is 19.9. The Morgan fingerprint density at radius 3 is 2.59 bits per heavy atom. The molecule has 3 nitrogen and oxygen atoms in total. The standard InChI is InChI=1S/C11H11F3N2O/c1-6-10(17)16(2)8-5-3-4-7(9(8)15-6)11(12,13)14/h3-6,15H,1-2H3. The van der Waals surface area contributed by atoms with Crippen LogP contribution in [0.15, 0.2) is 18.2 Å². The highest BCUT2D eigenvalue weighted by Gasteiger charge is 2.38. The summed E-state index contributed by atoms with van der Waals surface area (Å²) in [5, 5.41) is 2.60. The first-order valence-electron chi connectivity index (χ1n) is 5.06. The van der Waals surface area contributed by atoms with Crippen LogP contribution in [0.5, 0.6) is 0 Å². The maximum absolute atomic E-state index is 12.8. The number of anilines is 2. The average Bonchev–Trinajstić information content (AvgIpc) is 2.24. The maximum atomic E-state index is 12.8. The summed E-state index contributed by atoms with van der Waals surface area (Å²) in [6.45, 7) is 1.54. The number of benzene rings is 1. The molecule has 1 aliphatic heterocycles. The highest BCUT2D eigenvalue weighted by Crippen LogP contribution is 2.41. The second-order valence-corrected chi connectivity index (χ2v) is 3.96. The number of halogens is 3. The molecule has 0 saturated carbocycles. The van der Waals surface area contributed by atoms with E-state index in [0.717, 1.165) is 6.07 Å². The third-order valence-electron chi connectivity index (χ3n) is 2.77. The molecule has 0 fully saturated rings. The fourth-order valence-corrected chi connectivity index (χ4v) is 1.89. The molecule has 1 N–H and O–H groups in total. The number of alkyl halides is 3. The number of carbonyl (C=O) groups excluding carboxylic acids is 1. The predicted octanol–water partition coefficient (Wildman–Crippen LogP) is 2.48. The van der Waals surface area contributed by atoms with Crippen LogP contribution in [0.4, 0.5) is 24.5 Å². The van der Waals surface area contributed by atoms with Gasteiger partial charge in [0.15, 0.2) is 0 Å². The number of fused-ring (bicyclic) bond motifs is 1. The molecular formula is C11H11F3N2O. The van der Waals surface area contributed by atoms with E-state index in [1.807, 2.05) is 0 Å². The first-order chi connectivity index (χ1) is 7.82. The molecule has 6 heteroatoms. The van der Waals surface area contributed by atoms with Crippen molar-refractivity contribution >= 4 is 17.3 Å². The van der Waals surface area contributed by atoms with Gasteiger partial charge in [-0.05, 0) is 19.1 Å². The van der Waals surface area contributed by atoms with Crippen LogP contribution in [0.2, 0.25) is 0 Å². The Labute approximate surface area is 96.2 Å². The highest BCUT2D eigenvalue weighted by atomic mass is 19.4.